The molecule has 1 aromatic rings. The van der Waals surface area contributed by atoms with Gasteiger partial charge in [-0.1, -0.05) is 49.6 Å². The van der Waals surface area contributed by atoms with Gasteiger partial charge >= 0.3 is 5.97 Å². The van der Waals surface area contributed by atoms with Crippen LogP contribution in [0.4, 0.5) is 0 Å². The molecule has 1 aliphatic carbocycles. The van der Waals surface area contributed by atoms with Crippen molar-refractivity contribution in [3.05, 3.63) is 35.9 Å². The second-order valence-corrected chi connectivity index (χ2v) is 7.02. The topological polar surface area (TPSA) is 83.5 Å². The summed E-state index contributed by atoms with van der Waals surface area (Å²) in [6.45, 7) is 0. The van der Waals surface area contributed by atoms with E-state index in [9.17, 15) is 19.5 Å². The number of hydrogen-bond donors (Lipinski definition) is 2. The number of aliphatic carboxylic acids is 1. The van der Waals surface area contributed by atoms with E-state index < -0.39 is 11.9 Å². The minimum absolute atomic E-state index is 0.00808. The molecule has 0 radical (unpaired) electrons. The first-order valence-electron chi connectivity index (χ1n) is 8.26. The van der Waals surface area contributed by atoms with E-state index in [-0.39, 0.29) is 29.2 Å². The molecule has 0 heterocycles. The third kappa shape index (κ3) is 5.67. The highest BCUT2D eigenvalue weighted by Crippen LogP contribution is 2.24. The highest BCUT2D eigenvalue weighted by Gasteiger charge is 2.30. The maximum Gasteiger partial charge on any atom is 0.308 e. The number of hydrogen-bond acceptors (Lipinski definition) is 4. The van der Waals surface area contributed by atoms with E-state index in [1.165, 1.54) is 11.8 Å². The van der Waals surface area contributed by atoms with Gasteiger partial charge in [0.15, 0.2) is 5.78 Å². The minimum Gasteiger partial charge on any atom is -0.481 e. The average Bonchev–Trinajstić information content (AvgIpc) is 2.81. The van der Waals surface area contributed by atoms with Crippen LogP contribution < -0.4 is 5.32 Å². The summed E-state index contributed by atoms with van der Waals surface area (Å²) in [6, 6.07) is 8.68. The predicted molar refractivity (Wildman–Crippen MR) is 94.2 cm³/mol. The second-order valence-electron chi connectivity index (χ2n) is 6.04. The van der Waals surface area contributed by atoms with E-state index in [1.807, 2.05) is 18.2 Å². The Hall–Kier alpha value is -1.82. The molecule has 1 aliphatic rings. The first kappa shape index (κ1) is 18.5. The number of rotatable bonds is 7. The first-order valence-corrected chi connectivity index (χ1v) is 9.41. The van der Waals surface area contributed by atoms with Crippen molar-refractivity contribution in [2.24, 2.45) is 5.92 Å². The Morgan fingerprint density at radius 3 is 2.46 bits per heavy atom. The lowest BCUT2D eigenvalue weighted by molar-refractivity contribution is -0.143. The number of carbonyl (C=O) groups excluding carboxylic acids is 2. The van der Waals surface area contributed by atoms with E-state index in [0.717, 1.165) is 19.3 Å². The maximum absolute atomic E-state index is 12.1. The number of benzene rings is 1. The van der Waals surface area contributed by atoms with Crippen LogP contribution in [0.2, 0.25) is 0 Å². The molecular weight excluding hydrogens is 326 g/mol. The van der Waals surface area contributed by atoms with Gasteiger partial charge in [0.2, 0.25) is 5.91 Å². The van der Waals surface area contributed by atoms with Crippen LogP contribution in [0.3, 0.4) is 0 Å². The van der Waals surface area contributed by atoms with Gasteiger partial charge < -0.3 is 10.4 Å². The zero-order valence-corrected chi connectivity index (χ0v) is 14.4. The minimum atomic E-state index is -0.839. The number of nitrogens with one attached hydrogen (secondary N) is 1. The van der Waals surface area contributed by atoms with Gasteiger partial charge in [-0.15, -0.1) is 11.8 Å². The van der Waals surface area contributed by atoms with Crippen LogP contribution in [0, 0.1) is 5.92 Å². The van der Waals surface area contributed by atoms with Crippen molar-refractivity contribution in [1.29, 1.82) is 0 Å². The van der Waals surface area contributed by atoms with Gasteiger partial charge in [-0.25, -0.2) is 0 Å². The normalized spacial score (nSPS) is 20.8. The molecule has 1 aromatic carbocycles. The molecule has 24 heavy (non-hydrogen) atoms. The van der Waals surface area contributed by atoms with Crippen LogP contribution in [0.5, 0.6) is 0 Å². The maximum atomic E-state index is 12.1. The lowest BCUT2D eigenvalue weighted by Gasteiger charge is -2.22. The lowest BCUT2D eigenvalue weighted by atomic mass is 9.95. The summed E-state index contributed by atoms with van der Waals surface area (Å²) in [4.78, 5) is 35.4. The molecule has 2 atom stereocenters. The smallest absolute Gasteiger partial charge is 0.308 e. The fourth-order valence-electron chi connectivity index (χ4n) is 2.97. The predicted octanol–water partition coefficient (Wildman–Crippen LogP) is 2.75. The van der Waals surface area contributed by atoms with Crippen molar-refractivity contribution in [3.8, 4) is 0 Å². The molecule has 1 amide bonds. The van der Waals surface area contributed by atoms with E-state index >= 15 is 0 Å². The fourth-order valence-corrected chi connectivity index (χ4v) is 3.69. The van der Waals surface area contributed by atoms with Gasteiger partial charge in [0.05, 0.1) is 17.4 Å². The van der Waals surface area contributed by atoms with Gasteiger partial charge in [0, 0.05) is 11.6 Å². The van der Waals surface area contributed by atoms with Crippen molar-refractivity contribution in [2.45, 2.75) is 38.1 Å². The molecule has 1 saturated carbocycles. The molecule has 0 unspecified atom stereocenters. The third-order valence-electron chi connectivity index (χ3n) is 4.24. The molecule has 2 N–H and O–H groups in total. The summed E-state index contributed by atoms with van der Waals surface area (Å²) in [5, 5.41) is 12.2. The summed E-state index contributed by atoms with van der Waals surface area (Å²) < 4.78 is 0. The summed E-state index contributed by atoms with van der Waals surface area (Å²) >= 11 is 1.26. The lowest BCUT2D eigenvalue weighted by Crippen LogP contribution is -2.43. The van der Waals surface area contributed by atoms with Gasteiger partial charge in [-0.05, 0) is 12.8 Å². The molecule has 0 saturated heterocycles. The Bertz CT molecular complexity index is 576. The van der Waals surface area contributed by atoms with Crippen molar-refractivity contribution < 1.29 is 19.5 Å². The van der Waals surface area contributed by atoms with Crippen molar-refractivity contribution in [3.63, 3.8) is 0 Å². The first-order chi connectivity index (χ1) is 11.6. The Balaban J connectivity index is 1.77. The number of Topliss-reactive ketones (excluding diaryl/α,β-unsaturated/α-hetero) is 1. The number of carboxylic acids is 1. The molecule has 5 nitrogen and oxygen atoms in total. The standard InChI is InChI=1S/C18H23NO4S/c20-16(13-7-3-1-4-8-13)11-24-12-17(21)19-15-10-6-2-5-9-14(15)18(22)23/h1,3-4,7-8,14-15H,2,5-6,9-12H2,(H,19,21)(H,22,23)/t14-,15+/m1/s1. The molecular formula is C18H23NO4S. The Morgan fingerprint density at radius 2 is 1.75 bits per heavy atom. The number of amides is 1. The van der Waals surface area contributed by atoms with Crippen LogP contribution >= 0.6 is 11.8 Å². The zero-order valence-electron chi connectivity index (χ0n) is 13.6. The highest BCUT2D eigenvalue weighted by atomic mass is 32.2. The number of carboxylic acid groups (broad SMARTS) is 1. The van der Waals surface area contributed by atoms with Gasteiger partial charge in [0.1, 0.15) is 0 Å². The molecule has 0 aliphatic heterocycles. The molecule has 2 rings (SSSR count). The van der Waals surface area contributed by atoms with Crippen LogP contribution in [-0.2, 0) is 9.59 Å². The zero-order chi connectivity index (χ0) is 17.4. The average molecular weight is 349 g/mol. The number of thioether (sulfide) groups is 1. The summed E-state index contributed by atoms with van der Waals surface area (Å²) in [5.74, 6) is -1.14. The van der Waals surface area contributed by atoms with Gasteiger partial charge in [0.25, 0.3) is 0 Å². The molecule has 0 spiro atoms. The van der Waals surface area contributed by atoms with Crippen LogP contribution in [0.25, 0.3) is 0 Å². The van der Waals surface area contributed by atoms with Crippen LogP contribution in [0.1, 0.15) is 42.5 Å². The Morgan fingerprint density at radius 1 is 1.04 bits per heavy atom. The van der Waals surface area contributed by atoms with E-state index in [2.05, 4.69) is 5.32 Å². The van der Waals surface area contributed by atoms with Gasteiger partial charge in [-0.2, -0.15) is 0 Å². The third-order valence-corrected chi connectivity index (χ3v) is 5.17. The Kier molecular flexibility index (Phi) is 7.31. The van der Waals surface area contributed by atoms with Crippen molar-refractivity contribution in [2.75, 3.05) is 11.5 Å². The number of carbonyl (C=O) groups is 3. The van der Waals surface area contributed by atoms with Crippen molar-refractivity contribution >= 4 is 29.4 Å². The van der Waals surface area contributed by atoms with Crippen LogP contribution in [0.15, 0.2) is 30.3 Å². The largest absolute Gasteiger partial charge is 0.481 e. The SMILES string of the molecule is O=C(CSCC(=O)c1ccccc1)N[C@H]1CCCCC[C@H]1C(=O)O. The molecule has 1 fully saturated rings. The molecule has 0 aromatic heterocycles. The quantitative estimate of drug-likeness (QED) is 0.584. The van der Waals surface area contributed by atoms with E-state index in [4.69, 9.17) is 0 Å². The Labute approximate surface area is 146 Å². The van der Waals surface area contributed by atoms with Crippen LogP contribution in [-0.4, -0.2) is 40.3 Å². The molecule has 0 bridgehead atoms. The van der Waals surface area contributed by atoms with E-state index in [0.29, 0.717) is 18.4 Å². The van der Waals surface area contributed by atoms with Gasteiger partial charge in [-0.3, -0.25) is 14.4 Å². The van der Waals surface area contributed by atoms with Crippen molar-refractivity contribution in [1.82, 2.24) is 5.32 Å². The second kappa shape index (κ2) is 9.47. The molecule has 6 heteroatoms. The highest BCUT2D eigenvalue weighted by molar-refractivity contribution is 8.00. The number of ketones is 1. The van der Waals surface area contributed by atoms with E-state index in [1.54, 1.807) is 12.1 Å². The fraction of sp³-hybridized carbons (Fsp3) is 0.500. The monoisotopic (exact) mass is 349 g/mol. The molecule has 130 valence electrons. The summed E-state index contributed by atoms with van der Waals surface area (Å²) in [7, 11) is 0. The summed E-state index contributed by atoms with van der Waals surface area (Å²) in [6.07, 6.45) is 4.16. The summed E-state index contributed by atoms with van der Waals surface area (Å²) in [5.41, 5.74) is 0.639.